The predicted octanol–water partition coefficient (Wildman–Crippen LogP) is 0.635. The van der Waals surface area contributed by atoms with Crippen molar-refractivity contribution in [2.45, 2.75) is 19.0 Å². The third kappa shape index (κ3) is 1.37. The summed E-state index contributed by atoms with van der Waals surface area (Å²) < 4.78 is 1.73. The van der Waals surface area contributed by atoms with Gasteiger partial charge in [0.25, 0.3) is 0 Å². The van der Waals surface area contributed by atoms with Crippen LogP contribution in [0.1, 0.15) is 5.56 Å². The summed E-state index contributed by atoms with van der Waals surface area (Å²) in [6.45, 7) is 0.621. The van der Waals surface area contributed by atoms with Gasteiger partial charge in [-0.15, -0.1) is 12.4 Å². The fourth-order valence-electron chi connectivity index (χ4n) is 2.22. The Balaban J connectivity index is 0.000000853. The highest BCUT2D eigenvalue weighted by atomic mass is 35.5. The molecule has 1 aliphatic rings. The largest absolute Gasteiger partial charge is 0.326 e. The molecule has 2 aromatic rings. The first kappa shape index (κ1) is 10.3. The van der Waals surface area contributed by atoms with Crippen LogP contribution in [0.2, 0.25) is 0 Å². The highest BCUT2D eigenvalue weighted by Gasteiger charge is 2.19. The zero-order valence-corrected chi connectivity index (χ0v) is 8.88. The lowest BCUT2D eigenvalue weighted by atomic mass is 10.0. The van der Waals surface area contributed by atoms with Crippen LogP contribution >= 0.6 is 12.4 Å². The highest BCUT2D eigenvalue weighted by molar-refractivity contribution is 5.85. The number of hydrogen-bond donors (Lipinski definition) is 2. The summed E-state index contributed by atoms with van der Waals surface area (Å²) in [7, 11) is 0. The van der Waals surface area contributed by atoms with Crippen molar-refractivity contribution in [2.24, 2.45) is 5.73 Å². The molecule has 3 N–H and O–H groups in total. The first-order chi connectivity index (χ1) is 6.75. The fourth-order valence-corrected chi connectivity index (χ4v) is 2.22. The van der Waals surface area contributed by atoms with Gasteiger partial charge in [-0.25, -0.2) is 4.79 Å². The summed E-state index contributed by atoms with van der Waals surface area (Å²) in [5.74, 6) is 0. The minimum absolute atomic E-state index is 0. The maximum Gasteiger partial charge on any atom is 0.326 e. The number of H-pyrrole nitrogens is 1. The maximum absolute atomic E-state index is 11.6. The first-order valence-corrected chi connectivity index (χ1v) is 4.71. The van der Waals surface area contributed by atoms with Gasteiger partial charge < -0.3 is 10.7 Å². The summed E-state index contributed by atoms with van der Waals surface area (Å²) >= 11 is 0. The number of nitrogens with one attached hydrogen (secondary N) is 1. The molecule has 0 bridgehead atoms. The van der Waals surface area contributed by atoms with Gasteiger partial charge in [0, 0.05) is 12.6 Å². The summed E-state index contributed by atoms with van der Waals surface area (Å²) in [5, 5.41) is 0. The Morgan fingerprint density at radius 3 is 3.07 bits per heavy atom. The molecule has 0 saturated heterocycles. The van der Waals surface area contributed by atoms with Crippen molar-refractivity contribution in [2.75, 3.05) is 0 Å². The molecule has 80 valence electrons. The van der Waals surface area contributed by atoms with E-state index in [1.807, 2.05) is 18.2 Å². The molecule has 0 amide bonds. The van der Waals surface area contributed by atoms with Gasteiger partial charge in [0.1, 0.15) is 0 Å². The third-order valence-corrected chi connectivity index (χ3v) is 2.78. The van der Waals surface area contributed by atoms with Crippen LogP contribution in [0.3, 0.4) is 0 Å². The van der Waals surface area contributed by atoms with Gasteiger partial charge in [0.15, 0.2) is 0 Å². The van der Waals surface area contributed by atoms with E-state index in [0.29, 0.717) is 6.54 Å². The Bertz CT molecular complexity index is 557. The molecule has 15 heavy (non-hydrogen) atoms. The Hall–Kier alpha value is -1.26. The number of aromatic amines is 1. The van der Waals surface area contributed by atoms with Crippen LogP contribution in [-0.4, -0.2) is 15.6 Å². The minimum atomic E-state index is -0.0531. The number of benzene rings is 1. The summed E-state index contributed by atoms with van der Waals surface area (Å²) in [5.41, 5.74) is 8.94. The van der Waals surface area contributed by atoms with E-state index in [2.05, 4.69) is 4.98 Å². The van der Waals surface area contributed by atoms with Crippen molar-refractivity contribution in [3.63, 3.8) is 0 Å². The predicted molar refractivity (Wildman–Crippen MR) is 61.5 cm³/mol. The molecule has 5 heteroatoms. The highest BCUT2D eigenvalue weighted by Crippen LogP contribution is 2.21. The zero-order chi connectivity index (χ0) is 9.71. The number of hydrogen-bond acceptors (Lipinski definition) is 2. The molecule has 0 saturated carbocycles. The van der Waals surface area contributed by atoms with E-state index in [4.69, 9.17) is 5.73 Å². The SMILES string of the molecule is Cl.NC1Cc2cccc3[nH]c(=O)n(c23)C1. The number of para-hydroxylation sites is 1. The topological polar surface area (TPSA) is 63.8 Å². The van der Waals surface area contributed by atoms with E-state index in [-0.39, 0.29) is 24.1 Å². The first-order valence-electron chi connectivity index (χ1n) is 4.71. The molecule has 1 atom stereocenters. The molecule has 0 aliphatic carbocycles. The Kier molecular flexibility index (Phi) is 2.32. The molecule has 4 nitrogen and oxygen atoms in total. The van der Waals surface area contributed by atoms with E-state index >= 15 is 0 Å². The fraction of sp³-hybridized carbons (Fsp3) is 0.300. The van der Waals surface area contributed by atoms with Crippen LogP contribution in [0.5, 0.6) is 0 Å². The summed E-state index contributed by atoms with van der Waals surface area (Å²) in [6, 6.07) is 5.97. The van der Waals surface area contributed by atoms with Gasteiger partial charge in [-0.3, -0.25) is 4.57 Å². The van der Waals surface area contributed by atoms with E-state index in [0.717, 1.165) is 17.5 Å². The van der Waals surface area contributed by atoms with Gasteiger partial charge in [-0.1, -0.05) is 12.1 Å². The van der Waals surface area contributed by atoms with Crippen molar-refractivity contribution in [1.82, 2.24) is 9.55 Å². The van der Waals surface area contributed by atoms with Crippen LogP contribution in [0.15, 0.2) is 23.0 Å². The average Bonchev–Trinajstić information content (AvgIpc) is 2.45. The Morgan fingerprint density at radius 2 is 2.27 bits per heavy atom. The maximum atomic E-state index is 11.6. The van der Waals surface area contributed by atoms with Gasteiger partial charge in [0.2, 0.25) is 0 Å². The zero-order valence-electron chi connectivity index (χ0n) is 8.06. The standard InChI is InChI=1S/C10H11N3O.ClH/c11-7-4-6-2-1-3-8-9(6)13(5-7)10(14)12-8;/h1-3,7H,4-5,11H2,(H,12,14);1H. The monoisotopic (exact) mass is 225 g/mol. The Morgan fingerprint density at radius 1 is 1.47 bits per heavy atom. The number of nitrogens with zero attached hydrogens (tertiary/aromatic N) is 1. The normalized spacial score (nSPS) is 18.9. The van der Waals surface area contributed by atoms with Crippen molar-refractivity contribution >= 4 is 23.4 Å². The second-order valence-corrected chi connectivity index (χ2v) is 3.82. The quantitative estimate of drug-likeness (QED) is 0.691. The van der Waals surface area contributed by atoms with E-state index in [1.54, 1.807) is 4.57 Å². The van der Waals surface area contributed by atoms with E-state index in [1.165, 1.54) is 5.56 Å². The van der Waals surface area contributed by atoms with Crippen molar-refractivity contribution in [1.29, 1.82) is 0 Å². The molecule has 1 aromatic carbocycles. The summed E-state index contributed by atoms with van der Waals surface area (Å²) in [4.78, 5) is 14.4. The number of imidazole rings is 1. The van der Waals surface area contributed by atoms with Gasteiger partial charge in [-0.2, -0.15) is 0 Å². The molecule has 0 fully saturated rings. The van der Waals surface area contributed by atoms with Gasteiger partial charge in [-0.05, 0) is 18.1 Å². The third-order valence-electron chi connectivity index (χ3n) is 2.78. The molecule has 3 rings (SSSR count). The molecule has 1 unspecified atom stereocenters. The lowest BCUT2D eigenvalue weighted by Gasteiger charge is -2.19. The second kappa shape index (κ2) is 3.40. The molecule has 2 heterocycles. The molecular weight excluding hydrogens is 214 g/mol. The molecular formula is C10H12ClN3O. The lowest BCUT2D eigenvalue weighted by Crippen LogP contribution is -2.35. The number of nitrogens with two attached hydrogens (primary N) is 1. The summed E-state index contributed by atoms with van der Waals surface area (Å²) in [6.07, 6.45) is 0.856. The van der Waals surface area contributed by atoms with Crippen molar-refractivity contribution in [3.05, 3.63) is 34.2 Å². The van der Waals surface area contributed by atoms with Crippen LogP contribution in [0, 0.1) is 0 Å². The number of halogens is 1. The van der Waals surface area contributed by atoms with Gasteiger partial charge >= 0.3 is 5.69 Å². The van der Waals surface area contributed by atoms with E-state index < -0.39 is 0 Å². The van der Waals surface area contributed by atoms with Gasteiger partial charge in [0.05, 0.1) is 11.0 Å². The van der Waals surface area contributed by atoms with Crippen molar-refractivity contribution in [3.8, 4) is 0 Å². The van der Waals surface area contributed by atoms with Crippen molar-refractivity contribution < 1.29 is 0 Å². The van der Waals surface area contributed by atoms with Crippen LogP contribution < -0.4 is 11.4 Å². The second-order valence-electron chi connectivity index (χ2n) is 3.82. The Labute approximate surface area is 92.5 Å². The van der Waals surface area contributed by atoms with E-state index in [9.17, 15) is 4.79 Å². The van der Waals surface area contributed by atoms with Crippen LogP contribution in [0.4, 0.5) is 0 Å². The van der Waals surface area contributed by atoms with Crippen LogP contribution in [0.25, 0.3) is 11.0 Å². The number of aromatic nitrogens is 2. The number of rotatable bonds is 0. The smallest absolute Gasteiger partial charge is 0.326 e. The molecule has 0 radical (unpaired) electrons. The average molecular weight is 226 g/mol. The molecule has 0 spiro atoms. The lowest BCUT2D eigenvalue weighted by molar-refractivity contribution is 0.529. The molecule has 1 aromatic heterocycles. The molecule has 1 aliphatic heterocycles. The minimum Gasteiger partial charge on any atom is -0.326 e. The van der Waals surface area contributed by atoms with Crippen LogP contribution in [-0.2, 0) is 13.0 Å².